The summed E-state index contributed by atoms with van der Waals surface area (Å²) in [4.78, 5) is 24.8. The molecule has 162 valence electrons. The second-order valence-electron chi connectivity index (χ2n) is 8.23. The first-order chi connectivity index (χ1) is 14.3. The molecule has 8 heteroatoms. The topological polar surface area (TPSA) is 88.9 Å². The molecule has 2 aromatic rings. The molecular formula is C22H31N5O2S. The van der Waals surface area contributed by atoms with E-state index < -0.39 is 0 Å². The van der Waals surface area contributed by atoms with E-state index >= 15 is 0 Å². The Kier molecular flexibility index (Phi) is 7.53. The first-order valence-electron chi connectivity index (χ1n) is 10.5. The van der Waals surface area contributed by atoms with Gasteiger partial charge in [0.2, 0.25) is 11.8 Å². The Balaban J connectivity index is 1.51. The van der Waals surface area contributed by atoms with Crippen molar-refractivity contribution in [3.8, 4) is 0 Å². The minimum Gasteiger partial charge on any atom is -0.352 e. The van der Waals surface area contributed by atoms with Crippen molar-refractivity contribution in [2.24, 2.45) is 13.0 Å². The van der Waals surface area contributed by atoms with Gasteiger partial charge in [0.25, 0.3) is 0 Å². The van der Waals surface area contributed by atoms with Gasteiger partial charge in [-0.2, -0.15) is 0 Å². The molecule has 2 atom stereocenters. The molecule has 0 bridgehead atoms. The molecule has 0 unspecified atom stereocenters. The second-order valence-corrected chi connectivity index (χ2v) is 9.17. The van der Waals surface area contributed by atoms with Crippen LogP contribution in [0.25, 0.3) is 0 Å². The van der Waals surface area contributed by atoms with E-state index in [2.05, 4.69) is 27.8 Å². The minimum atomic E-state index is -0.141. The van der Waals surface area contributed by atoms with Crippen molar-refractivity contribution in [1.82, 2.24) is 20.1 Å². The highest BCUT2D eigenvalue weighted by atomic mass is 32.2. The van der Waals surface area contributed by atoms with E-state index in [0.717, 1.165) is 23.2 Å². The van der Waals surface area contributed by atoms with Crippen LogP contribution in [-0.4, -0.2) is 38.4 Å². The maximum atomic E-state index is 12.4. The third-order valence-corrected chi connectivity index (χ3v) is 6.71. The van der Waals surface area contributed by atoms with Crippen molar-refractivity contribution < 1.29 is 9.59 Å². The van der Waals surface area contributed by atoms with Gasteiger partial charge in [-0.05, 0) is 44.2 Å². The molecule has 2 amide bonds. The number of carbonyl (C=O) groups is 2. The monoisotopic (exact) mass is 429 g/mol. The number of carbonyl (C=O) groups excluding carboxylic acids is 2. The third-order valence-electron chi connectivity index (χ3n) is 5.69. The van der Waals surface area contributed by atoms with Crippen LogP contribution < -0.4 is 10.6 Å². The summed E-state index contributed by atoms with van der Waals surface area (Å²) in [5.74, 6) is 1.28. The summed E-state index contributed by atoms with van der Waals surface area (Å²) in [6, 6.07) is 6.19. The van der Waals surface area contributed by atoms with Crippen molar-refractivity contribution in [3.63, 3.8) is 0 Å². The van der Waals surface area contributed by atoms with E-state index in [0.29, 0.717) is 22.7 Å². The fraction of sp³-hybridized carbons (Fsp3) is 0.545. The van der Waals surface area contributed by atoms with Crippen molar-refractivity contribution in [3.05, 3.63) is 35.2 Å². The van der Waals surface area contributed by atoms with Crippen LogP contribution in [0.2, 0.25) is 0 Å². The molecule has 30 heavy (non-hydrogen) atoms. The van der Waals surface area contributed by atoms with Crippen molar-refractivity contribution >= 4 is 29.3 Å². The first kappa shape index (κ1) is 22.3. The van der Waals surface area contributed by atoms with Crippen LogP contribution >= 0.6 is 11.8 Å². The quantitative estimate of drug-likeness (QED) is 0.659. The van der Waals surface area contributed by atoms with Crippen molar-refractivity contribution in [1.29, 1.82) is 0 Å². The predicted molar refractivity (Wildman–Crippen MR) is 120 cm³/mol. The fourth-order valence-corrected chi connectivity index (χ4v) is 4.57. The zero-order valence-corrected chi connectivity index (χ0v) is 19.0. The number of nitrogens with zero attached hydrogens (tertiary/aromatic N) is 3. The molecule has 1 aliphatic carbocycles. The number of nitrogens with one attached hydrogen (secondary N) is 2. The highest BCUT2D eigenvalue weighted by Gasteiger charge is 2.23. The Labute approximate surface area is 182 Å². The van der Waals surface area contributed by atoms with Gasteiger partial charge >= 0.3 is 0 Å². The van der Waals surface area contributed by atoms with E-state index in [4.69, 9.17) is 0 Å². The molecule has 0 spiro atoms. The lowest BCUT2D eigenvalue weighted by molar-refractivity contribution is -0.120. The largest absolute Gasteiger partial charge is 0.352 e. The molecule has 0 radical (unpaired) electrons. The van der Waals surface area contributed by atoms with E-state index in [1.54, 1.807) is 4.57 Å². The lowest BCUT2D eigenvalue weighted by Crippen LogP contribution is -2.41. The maximum Gasteiger partial charge on any atom is 0.232 e. The average Bonchev–Trinajstić information content (AvgIpc) is 3.04. The summed E-state index contributed by atoms with van der Waals surface area (Å²) in [5, 5.41) is 15.0. The van der Waals surface area contributed by atoms with Crippen LogP contribution in [0, 0.1) is 19.8 Å². The first-order valence-corrected chi connectivity index (χ1v) is 11.5. The van der Waals surface area contributed by atoms with Gasteiger partial charge < -0.3 is 15.2 Å². The molecule has 1 fully saturated rings. The molecule has 1 aromatic heterocycles. The van der Waals surface area contributed by atoms with Gasteiger partial charge in [-0.1, -0.05) is 49.2 Å². The summed E-state index contributed by atoms with van der Waals surface area (Å²) in [7, 11) is 1.82. The van der Waals surface area contributed by atoms with Crippen molar-refractivity contribution in [2.75, 3.05) is 11.1 Å². The number of aryl methyl sites for hydroxylation is 2. The number of hydrogen-bond acceptors (Lipinski definition) is 5. The molecule has 1 aromatic carbocycles. The molecule has 7 nitrogen and oxygen atoms in total. The Bertz CT molecular complexity index is 911. The maximum absolute atomic E-state index is 12.4. The van der Waals surface area contributed by atoms with Crippen LogP contribution in [0.15, 0.2) is 23.4 Å². The second kappa shape index (κ2) is 10.1. The van der Waals surface area contributed by atoms with Crippen molar-refractivity contribution in [2.45, 2.75) is 64.1 Å². The highest BCUT2D eigenvalue weighted by molar-refractivity contribution is 7.99. The predicted octanol–water partition coefficient (Wildman–Crippen LogP) is 3.40. The van der Waals surface area contributed by atoms with Gasteiger partial charge in [-0.25, -0.2) is 0 Å². The molecular weight excluding hydrogens is 398 g/mol. The molecule has 1 saturated carbocycles. The zero-order valence-electron chi connectivity index (χ0n) is 18.2. The Morgan fingerprint density at radius 2 is 1.93 bits per heavy atom. The average molecular weight is 430 g/mol. The number of anilines is 1. The van der Waals surface area contributed by atoms with Crippen LogP contribution in [0.4, 0.5) is 5.69 Å². The van der Waals surface area contributed by atoms with E-state index in [-0.39, 0.29) is 24.3 Å². The van der Waals surface area contributed by atoms with Crippen LogP contribution in [0.5, 0.6) is 0 Å². The molecule has 2 N–H and O–H groups in total. The number of hydrogen-bond donors (Lipinski definition) is 2. The SMILES string of the molecule is Cc1ccc(NC(=O)Cc2nnc(SCC(=O)N[C@H]3CCCC[C@@H]3C)n2C)c(C)c1. The van der Waals surface area contributed by atoms with E-state index in [9.17, 15) is 9.59 Å². The number of benzene rings is 1. The van der Waals surface area contributed by atoms with Gasteiger partial charge in [0.05, 0.1) is 12.2 Å². The number of amides is 2. The molecule has 1 aliphatic rings. The van der Waals surface area contributed by atoms with Gasteiger partial charge in [-0.15, -0.1) is 10.2 Å². The molecule has 0 saturated heterocycles. The van der Waals surface area contributed by atoms with E-state index in [1.165, 1.54) is 31.0 Å². The van der Waals surface area contributed by atoms with Gasteiger partial charge in [0.15, 0.2) is 5.16 Å². The molecule has 0 aliphatic heterocycles. The third kappa shape index (κ3) is 5.84. The van der Waals surface area contributed by atoms with Crippen LogP contribution in [0.1, 0.15) is 49.6 Å². The van der Waals surface area contributed by atoms with Crippen LogP contribution in [0.3, 0.4) is 0 Å². The summed E-state index contributed by atoms with van der Waals surface area (Å²) in [5.41, 5.74) is 2.98. The summed E-state index contributed by atoms with van der Waals surface area (Å²) < 4.78 is 1.78. The fourth-order valence-electron chi connectivity index (χ4n) is 3.83. The summed E-state index contributed by atoms with van der Waals surface area (Å²) in [6.45, 7) is 6.20. The number of thioether (sulfide) groups is 1. The van der Waals surface area contributed by atoms with Gasteiger partial charge in [-0.3, -0.25) is 9.59 Å². The molecule has 1 heterocycles. The lowest BCUT2D eigenvalue weighted by Gasteiger charge is -2.29. The molecule has 3 rings (SSSR count). The van der Waals surface area contributed by atoms with Gasteiger partial charge in [0.1, 0.15) is 5.82 Å². The lowest BCUT2D eigenvalue weighted by atomic mass is 9.86. The highest BCUT2D eigenvalue weighted by Crippen LogP contribution is 2.24. The van der Waals surface area contributed by atoms with E-state index in [1.807, 2.05) is 39.1 Å². The number of aromatic nitrogens is 3. The smallest absolute Gasteiger partial charge is 0.232 e. The Morgan fingerprint density at radius 1 is 1.17 bits per heavy atom. The standard InChI is InChI=1S/C22H31N5O2S/c1-14-9-10-18(16(3)11-14)23-20(28)12-19-25-26-22(27(19)4)30-13-21(29)24-17-8-6-5-7-15(17)2/h9-11,15,17H,5-8,12-13H2,1-4H3,(H,23,28)(H,24,29)/t15-,17-/m0/s1. The Morgan fingerprint density at radius 3 is 2.67 bits per heavy atom. The zero-order chi connectivity index (χ0) is 21.7. The summed E-state index contributed by atoms with van der Waals surface area (Å²) >= 11 is 1.35. The summed E-state index contributed by atoms with van der Waals surface area (Å²) in [6.07, 6.45) is 4.79. The Hall–Kier alpha value is -2.35. The number of rotatable bonds is 7. The normalized spacial score (nSPS) is 18.8. The van der Waals surface area contributed by atoms with Crippen LogP contribution in [-0.2, 0) is 23.1 Å². The minimum absolute atomic E-state index is 0.0240. The van der Waals surface area contributed by atoms with Gasteiger partial charge in [0, 0.05) is 18.8 Å².